The number of rotatable bonds is 1. The van der Waals surface area contributed by atoms with Crippen molar-refractivity contribution < 1.29 is 4.79 Å². The minimum Gasteiger partial charge on any atom is -0.296 e. The van der Waals surface area contributed by atoms with Crippen LogP contribution >= 0.6 is 34.8 Å². The Balaban J connectivity index is 2.89. The van der Waals surface area contributed by atoms with Crippen molar-refractivity contribution in [2.75, 3.05) is 0 Å². The Morgan fingerprint density at radius 1 is 1.13 bits per heavy atom. The molecule has 0 bridgehead atoms. The average molecular weight is 261 g/mol. The van der Waals surface area contributed by atoms with Crippen molar-refractivity contribution in [3.05, 3.63) is 39.0 Å². The first kappa shape index (κ1) is 10.7. The van der Waals surface area contributed by atoms with Crippen molar-refractivity contribution in [1.82, 2.24) is 4.98 Å². The number of carbonyl (C=O) groups is 1. The van der Waals surface area contributed by atoms with Crippen LogP contribution in [0.15, 0.2) is 18.2 Å². The Labute approximate surface area is 101 Å². The molecule has 0 amide bonds. The number of halogens is 3. The van der Waals surface area contributed by atoms with Crippen LogP contribution in [0.4, 0.5) is 0 Å². The van der Waals surface area contributed by atoms with E-state index in [1.807, 2.05) is 0 Å². The summed E-state index contributed by atoms with van der Waals surface area (Å²) in [5.41, 5.74) is 0.790. The van der Waals surface area contributed by atoms with Gasteiger partial charge in [-0.3, -0.25) is 4.79 Å². The zero-order valence-corrected chi connectivity index (χ0v) is 9.57. The van der Waals surface area contributed by atoms with Gasteiger partial charge in [0.1, 0.15) is 5.69 Å². The van der Waals surface area contributed by atoms with Gasteiger partial charge < -0.3 is 0 Å². The summed E-state index contributed by atoms with van der Waals surface area (Å²) in [4.78, 5) is 14.6. The van der Waals surface area contributed by atoms with E-state index in [0.717, 1.165) is 0 Å². The number of aromatic nitrogens is 1. The number of nitrogens with zero attached hydrogens (tertiary/aromatic N) is 1. The molecule has 0 atom stereocenters. The van der Waals surface area contributed by atoms with Gasteiger partial charge in [-0.15, -0.1) is 0 Å². The zero-order chi connectivity index (χ0) is 11.0. The van der Waals surface area contributed by atoms with Gasteiger partial charge in [-0.1, -0.05) is 34.8 Å². The van der Waals surface area contributed by atoms with Crippen LogP contribution < -0.4 is 0 Å². The SMILES string of the molecule is O=Cc1ccc2c(Cl)c(Cl)cc(Cl)c2n1. The van der Waals surface area contributed by atoms with Crippen LogP contribution in [-0.4, -0.2) is 11.3 Å². The van der Waals surface area contributed by atoms with Crippen LogP contribution in [0.5, 0.6) is 0 Å². The molecular formula is C10H4Cl3NO. The second-order valence-corrected chi connectivity index (χ2v) is 4.10. The second-order valence-electron chi connectivity index (χ2n) is 2.90. The van der Waals surface area contributed by atoms with E-state index in [1.54, 1.807) is 12.1 Å². The molecule has 1 aromatic carbocycles. The standard InChI is InChI=1S/C10H4Cl3NO/c11-7-3-8(12)10-6(9(7)13)2-1-5(4-15)14-10/h1-4H. The molecule has 0 N–H and O–H groups in total. The van der Waals surface area contributed by atoms with Crippen LogP contribution in [0, 0.1) is 0 Å². The highest BCUT2D eigenvalue weighted by molar-refractivity contribution is 6.47. The van der Waals surface area contributed by atoms with Crippen LogP contribution in [0.1, 0.15) is 10.5 Å². The Kier molecular flexibility index (Phi) is 2.83. The normalized spacial score (nSPS) is 10.6. The molecule has 76 valence electrons. The van der Waals surface area contributed by atoms with Gasteiger partial charge in [-0.2, -0.15) is 0 Å². The van der Waals surface area contributed by atoms with E-state index in [0.29, 0.717) is 38.0 Å². The Hall–Kier alpha value is -0.830. The van der Waals surface area contributed by atoms with Crippen molar-refractivity contribution in [2.24, 2.45) is 0 Å². The van der Waals surface area contributed by atoms with E-state index in [2.05, 4.69) is 4.98 Å². The fourth-order valence-corrected chi connectivity index (χ4v) is 2.00. The Bertz CT molecular complexity index is 554. The molecular weight excluding hydrogens is 256 g/mol. The van der Waals surface area contributed by atoms with Gasteiger partial charge in [0.2, 0.25) is 0 Å². The summed E-state index contributed by atoms with van der Waals surface area (Å²) in [6.45, 7) is 0. The predicted molar refractivity (Wildman–Crippen MR) is 62.2 cm³/mol. The topological polar surface area (TPSA) is 30.0 Å². The third-order valence-corrected chi connectivity index (χ3v) is 3.05. The van der Waals surface area contributed by atoms with Gasteiger partial charge in [-0.25, -0.2) is 4.98 Å². The summed E-state index contributed by atoms with van der Waals surface area (Å²) in [6.07, 6.45) is 0.651. The summed E-state index contributed by atoms with van der Waals surface area (Å²) in [5, 5.41) is 1.78. The third-order valence-electron chi connectivity index (χ3n) is 1.96. The molecule has 2 rings (SSSR count). The quantitative estimate of drug-likeness (QED) is 0.573. The van der Waals surface area contributed by atoms with Gasteiger partial charge in [-0.05, 0) is 18.2 Å². The largest absolute Gasteiger partial charge is 0.296 e. The predicted octanol–water partition coefficient (Wildman–Crippen LogP) is 4.01. The highest BCUT2D eigenvalue weighted by Gasteiger charge is 2.09. The number of benzene rings is 1. The van der Waals surface area contributed by atoms with E-state index in [1.165, 1.54) is 6.07 Å². The second kappa shape index (κ2) is 3.97. The summed E-state index contributed by atoms with van der Waals surface area (Å²) < 4.78 is 0. The fraction of sp³-hybridized carbons (Fsp3) is 0. The molecule has 2 aromatic rings. The molecule has 0 spiro atoms. The summed E-state index contributed by atoms with van der Waals surface area (Å²) in [6, 6.07) is 4.75. The zero-order valence-electron chi connectivity index (χ0n) is 7.30. The van der Waals surface area contributed by atoms with Gasteiger partial charge in [0, 0.05) is 5.39 Å². The lowest BCUT2D eigenvalue weighted by Gasteiger charge is -2.04. The van der Waals surface area contributed by atoms with Crippen LogP contribution in [0.3, 0.4) is 0 Å². The Morgan fingerprint density at radius 3 is 2.53 bits per heavy atom. The molecule has 5 heteroatoms. The molecule has 0 fully saturated rings. The van der Waals surface area contributed by atoms with Gasteiger partial charge in [0.25, 0.3) is 0 Å². The molecule has 1 heterocycles. The maximum absolute atomic E-state index is 10.5. The van der Waals surface area contributed by atoms with Crippen molar-refractivity contribution in [3.63, 3.8) is 0 Å². The number of fused-ring (bicyclic) bond motifs is 1. The van der Waals surface area contributed by atoms with Crippen LogP contribution in [0.2, 0.25) is 15.1 Å². The smallest absolute Gasteiger partial charge is 0.168 e. The highest BCUT2D eigenvalue weighted by atomic mass is 35.5. The van der Waals surface area contributed by atoms with E-state index in [4.69, 9.17) is 34.8 Å². The first-order valence-corrected chi connectivity index (χ1v) is 5.16. The molecule has 1 aromatic heterocycles. The van der Waals surface area contributed by atoms with Crippen molar-refractivity contribution in [3.8, 4) is 0 Å². The van der Waals surface area contributed by atoms with Crippen molar-refractivity contribution >= 4 is 52.0 Å². The maximum atomic E-state index is 10.5. The minimum atomic E-state index is 0.308. The third kappa shape index (κ3) is 1.81. The van der Waals surface area contributed by atoms with E-state index in [9.17, 15) is 4.79 Å². The summed E-state index contributed by atoms with van der Waals surface area (Å²) in [7, 11) is 0. The molecule has 0 saturated carbocycles. The fourth-order valence-electron chi connectivity index (χ4n) is 1.27. The number of hydrogen-bond donors (Lipinski definition) is 0. The van der Waals surface area contributed by atoms with Crippen molar-refractivity contribution in [1.29, 1.82) is 0 Å². The lowest BCUT2D eigenvalue weighted by Crippen LogP contribution is -1.89. The monoisotopic (exact) mass is 259 g/mol. The molecule has 0 radical (unpaired) electrons. The summed E-state index contributed by atoms with van der Waals surface area (Å²) in [5.74, 6) is 0. The minimum absolute atomic E-state index is 0.308. The van der Waals surface area contributed by atoms with E-state index < -0.39 is 0 Å². The van der Waals surface area contributed by atoms with E-state index >= 15 is 0 Å². The molecule has 0 aliphatic heterocycles. The number of aldehydes is 1. The van der Waals surface area contributed by atoms with E-state index in [-0.39, 0.29) is 0 Å². The molecule has 0 aliphatic rings. The van der Waals surface area contributed by atoms with Gasteiger partial charge in [0.05, 0.1) is 20.6 Å². The first-order valence-electron chi connectivity index (χ1n) is 4.03. The van der Waals surface area contributed by atoms with Gasteiger partial charge >= 0.3 is 0 Å². The average Bonchev–Trinajstić information content (AvgIpc) is 2.25. The highest BCUT2D eigenvalue weighted by Crippen LogP contribution is 2.34. The van der Waals surface area contributed by atoms with Crippen LogP contribution in [0.25, 0.3) is 10.9 Å². The lowest BCUT2D eigenvalue weighted by molar-refractivity contribution is 0.111. The number of carbonyl (C=O) groups excluding carboxylic acids is 1. The Morgan fingerprint density at radius 2 is 1.87 bits per heavy atom. The first-order chi connectivity index (χ1) is 7.13. The molecule has 15 heavy (non-hydrogen) atoms. The number of hydrogen-bond acceptors (Lipinski definition) is 2. The molecule has 0 unspecified atom stereocenters. The lowest BCUT2D eigenvalue weighted by atomic mass is 10.2. The summed E-state index contributed by atoms with van der Waals surface area (Å²) >= 11 is 17.8. The molecule has 0 saturated heterocycles. The number of pyridine rings is 1. The maximum Gasteiger partial charge on any atom is 0.168 e. The van der Waals surface area contributed by atoms with Gasteiger partial charge in [0.15, 0.2) is 6.29 Å². The van der Waals surface area contributed by atoms with Crippen LogP contribution in [-0.2, 0) is 0 Å². The van der Waals surface area contributed by atoms with Crippen molar-refractivity contribution in [2.45, 2.75) is 0 Å². The molecule has 2 nitrogen and oxygen atoms in total. The molecule has 0 aliphatic carbocycles.